The molecular formula is C14H27NO. The van der Waals surface area contributed by atoms with Gasteiger partial charge in [-0.1, -0.05) is 46.0 Å². The van der Waals surface area contributed by atoms with Crippen molar-refractivity contribution in [2.45, 2.75) is 78.6 Å². The molecule has 0 aliphatic heterocycles. The van der Waals surface area contributed by atoms with Gasteiger partial charge in [-0.3, -0.25) is 4.79 Å². The summed E-state index contributed by atoms with van der Waals surface area (Å²) in [6, 6.07) is 0. The monoisotopic (exact) mass is 225 g/mol. The zero-order valence-electron chi connectivity index (χ0n) is 11.2. The fourth-order valence-corrected chi connectivity index (χ4v) is 1.70. The van der Waals surface area contributed by atoms with E-state index in [4.69, 9.17) is 0 Å². The Morgan fingerprint density at radius 1 is 0.875 bits per heavy atom. The Bertz CT molecular complexity index is 209. The topological polar surface area (TPSA) is 29.4 Å². The van der Waals surface area contributed by atoms with Crippen LogP contribution >= 0.6 is 0 Å². The van der Waals surface area contributed by atoms with Crippen LogP contribution in [0.4, 0.5) is 0 Å². The van der Waals surface area contributed by atoms with Crippen LogP contribution in [0.2, 0.25) is 0 Å². The molecule has 16 heavy (non-hydrogen) atoms. The number of hydrogen-bond acceptors (Lipinski definition) is 1. The van der Waals surface area contributed by atoms with Gasteiger partial charge in [-0.2, -0.15) is 0 Å². The first-order valence-corrected chi connectivity index (χ1v) is 6.77. The molecule has 0 heterocycles. The van der Waals surface area contributed by atoms with E-state index in [1.165, 1.54) is 38.5 Å². The maximum Gasteiger partial charge on any atom is 0.245 e. The molecule has 0 fully saturated rings. The first kappa shape index (κ1) is 15.3. The number of carbonyl (C=O) groups is 1. The van der Waals surface area contributed by atoms with Crippen LogP contribution in [0.25, 0.3) is 0 Å². The van der Waals surface area contributed by atoms with Crippen molar-refractivity contribution in [2.24, 2.45) is 4.99 Å². The van der Waals surface area contributed by atoms with Crippen molar-refractivity contribution in [1.82, 2.24) is 0 Å². The third kappa shape index (κ3) is 9.88. The predicted octanol–water partition coefficient (Wildman–Crippen LogP) is 4.52. The van der Waals surface area contributed by atoms with Crippen molar-refractivity contribution >= 4 is 11.6 Å². The van der Waals surface area contributed by atoms with E-state index in [1.807, 2.05) is 13.8 Å². The molecular weight excluding hydrogens is 198 g/mol. The van der Waals surface area contributed by atoms with Gasteiger partial charge in [0.25, 0.3) is 0 Å². The zero-order chi connectivity index (χ0) is 12.2. The number of rotatable bonds is 9. The van der Waals surface area contributed by atoms with Gasteiger partial charge in [0.1, 0.15) is 0 Å². The summed E-state index contributed by atoms with van der Waals surface area (Å²) in [5.41, 5.74) is 1.01. The Labute approximate surface area is 101 Å². The smallest absolute Gasteiger partial charge is 0.245 e. The van der Waals surface area contributed by atoms with Crippen LogP contribution in [0.3, 0.4) is 0 Å². The second kappa shape index (κ2) is 10.8. The van der Waals surface area contributed by atoms with Gasteiger partial charge in [0.2, 0.25) is 5.91 Å². The molecule has 0 saturated heterocycles. The molecule has 94 valence electrons. The maximum absolute atomic E-state index is 11.2. The quantitative estimate of drug-likeness (QED) is 0.419. The highest BCUT2D eigenvalue weighted by Crippen LogP contribution is 2.07. The lowest BCUT2D eigenvalue weighted by atomic mass is 10.1. The van der Waals surface area contributed by atoms with Gasteiger partial charge in [0.15, 0.2) is 0 Å². The van der Waals surface area contributed by atoms with Crippen LogP contribution in [0.15, 0.2) is 4.99 Å². The third-order valence-electron chi connectivity index (χ3n) is 2.67. The van der Waals surface area contributed by atoms with Gasteiger partial charge in [-0.05, 0) is 26.2 Å². The minimum Gasteiger partial charge on any atom is -0.273 e. The fourth-order valence-electron chi connectivity index (χ4n) is 1.70. The molecule has 1 amide bonds. The van der Waals surface area contributed by atoms with Crippen molar-refractivity contribution in [3.05, 3.63) is 0 Å². The van der Waals surface area contributed by atoms with Crippen molar-refractivity contribution in [3.8, 4) is 0 Å². The molecule has 0 spiro atoms. The molecule has 2 nitrogen and oxygen atoms in total. The molecule has 0 rings (SSSR count). The van der Waals surface area contributed by atoms with Gasteiger partial charge < -0.3 is 0 Å². The minimum absolute atomic E-state index is 0.0472. The largest absolute Gasteiger partial charge is 0.273 e. The molecule has 0 aliphatic rings. The van der Waals surface area contributed by atoms with Crippen molar-refractivity contribution in [3.63, 3.8) is 0 Å². The SMILES string of the molecule is CCCCCCCC/C(C)=N/C(=O)CCC. The van der Waals surface area contributed by atoms with Crippen molar-refractivity contribution in [1.29, 1.82) is 0 Å². The Morgan fingerprint density at radius 3 is 2.12 bits per heavy atom. The molecule has 0 unspecified atom stereocenters. The number of carbonyl (C=O) groups excluding carboxylic acids is 1. The van der Waals surface area contributed by atoms with Gasteiger partial charge in [0.05, 0.1) is 0 Å². The van der Waals surface area contributed by atoms with E-state index in [9.17, 15) is 4.79 Å². The van der Waals surface area contributed by atoms with Crippen molar-refractivity contribution < 1.29 is 4.79 Å². The van der Waals surface area contributed by atoms with Gasteiger partial charge in [-0.25, -0.2) is 4.99 Å². The van der Waals surface area contributed by atoms with Gasteiger partial charge in [-0.15, -0.1) is 0 Å². The first-order valence-electron chi connectivity index (χ1n) is 6.77. The average molecular weight is 225 g/mol. The normalized spacial score (nSPS) is 11.8. The summed E-state index contributed by atoms with van der Waals surface area (Å²) in [7, 11) is 0. The van der Waals surface area contributed by atoms with E-state index in [0.29, 0.717) is 6.42 Å². The van der Waals surface area contributed by atoms with Gasteiger partial charge >= 0.3 is 0 Å². The van der Waals surface area contributed by atoms with E-state index in [1.54, 1.807) is 0 Å². The molecule has 0 saturated carbocycles. The molecule has 2 heteroatoms. The fraction of sp³-hybridized carbons (Fsp3) is 0.857. The standard InChI is InChI=1S/C14H27NO/c1-4-6-7-8-9-10-12-13(3)15-14(16)11-5-2/h4-12H2,1-3H3/b15-13+. The van der Waals surface area contributed by atoms with Crippen LogP contribution in [0.1, 0.15) is 78.6 Å². The van der Waals surface area contributed by atoms with Crippen LogP contribution < -0.4 is 0 Å². The predicted molar refractivity (Wildman–Crippen MR) is 71.0 cm³/mol. The molecule has 0 aliphatic carbocycles. The number of unbranched alkanes of at least 4 members (excludes halogenated alkanes) is 5. The maximum atomic E-state index is 11.2. The highest BCUT2D eigenvalue weighted by Gasteiger charge is 1.98. The Hall–Kier alpha value is -0.660. The molecule has 0 N–H and O–H groups in total. The summed E-state index contributed by atoms with van der Waals surface area (Å²) in [4.78, 5) is 15.3. The van der Waals surface area contributed by atoms with Crippen LogP contribution in [0, 0.1) is 0 Å². The molecule has 0 radical (unpaired) electrons. The molecule has 0 atom stereocenters. The van der Waals surface area contributed by atoms with Crippen molar-refractivity contribution in [2.75, 3.05) is 0 Å². The minimum atomic E-state index is 0.0472. The lowest BCUT2D eigenvalue weighted by Gasteiger charge is -2.01. The highest BCUT2D eigenvalue weighted by atomic mass is 16.1. The second-order valence-corrected chi connectivity index (χ2v) is 4.51. The van der Waals surface area contributed by atoms with E-state index in [-0.39, 0.29) is 5.91 Å². The molecule has 0 bridgehead atoms. The number of nitrogens with zero attached hydrogens (tertiary/aromatic N) is 1. The highest BCUT2D eigenvalue weighted by molar-refractivity contribution is 5.94. The number of amides is 1. The van der Waals surface area contributed by atoms with Crippen LogP contribution in [-0.4, -0.2) is 11.6 Å². The first-order chi connectivity index (χ1) is 7.70. The molecule has 0 aromatic rings. The Balaban J connectivity index is 3.49. The summed E-state index contributed by atoms with van der Waals surface area (Å²) in [6.07, 6.45) is 10.2. The summed E-state index contributed by atoms with van der Waals surface area (Å²) in [5.74, 6) is 0.0472. The Kier molecular flexibility index (Phi) is 10.4. The zero-order valence-corrected chi connectivity index (χ0v) is 11.2. The van der Waals surface area contributed by atoms with Gasteiger partial charge in [0, 0.05) is 12.1 Å². The van der Waals surface area contributed by atoms with E-state index in [0.717, 1.165) is 18.6 Å². The Morgan fingerprint density at radius 2 is 1.50 bits per heavy atom. The van der Waals surface area contributed by atoms with E-state index >= 15 is 0 Å². The van der Waals surface area contributed by atoms with Crippen LogP contribution in [0.5, 0.6) is 0 Å². The summed E-state index contributed by atoms with van der Waals surface area (Å²) < 4.78 is 0. The third-order valence-corrected chi connectivity index (χ3v) is 2.67. The lowest BCUT2D eigenvalue weighted by molar-refractivity contribution is -0.117. The number of hydrogen-bond donors (Lipinski definition) is 0. The van der Waals surface area contributed by atoms with E-state index in [2.05, 4.69) is 11.9 Å². The summed E-state index contributed by atoms with van der Waals surface area (Å²) in [6.45, 7) is 6.21. The van der Waals surface area contributed by atoms with Crippen LogP contribution in [-0.2, 0) is 4.79 Å². The molecule has 0 aromatic heterocycles. The lowest BCUT2D eigenvalue weighted by Crippen LogP contribution is -1.99. The molecule has 0 aromatic carbocycles. The summed E-state index contributed by atoms with van der Waals surface area (Å²) in [5, 5.41) is 0. The number of aliphatic imine (C=N–C) groups is 1. The van der Waals surface area contributed by atoms with E-state index < -0.39 is 0 Å². The average Bonchev–Trinajstić information content (AvgIpc) is 2.23. The second-order valence-electron chi connectivity index (χ2n) is 4.51. The summed E-state index contributed by atoms with van der Waals surface area (Å²) >= 11 is 0.